The smallest absolute Gasteiger partial charge is 0.246 e. The normalized spacial score (nSPS) is 30.7. The van der Waals surface area contributed by atoms with Crippen LogP contribution >= 0.6 is 0 Å². The Kier molecular flexibility index (Phi) is 4.71. The highest BCUT2D eigenvalue weighted by Gasteiger charge is 2.52. The minimum Gasteiger partial charge on any atom is -0.380 e. The van der Waals surface area contributed by atoms with Gasteiger partial charge in [-0.25, -0.2) is 8.42 Å². The monoisotopic (exact) mass is 381 g/mol. The second-order valence-corrected chi connectivity index (χ2v) is 9.40. The van der Waals surface area contributed by atoms with Crippen LogP contribution in [-0.4, -0.2) is 61.5 Å². The summed E-state index contributed by atoms with van der Waals surface area (Å²) in [7, 11) is -1.83. The van der Waals surface area contributed by atoms with Crippen molar-refractivity contribution in [2.45, 2.75) is 43.5 Å². The van der Waals surface area contributed by atoms with Crippen LogP contribution in [0.2, 0.25) is 0 Å². The Morgan fingerprint density at radius 3 is 2.85 bits per heavy atom. The maximum Gasteiger partial charge on any atom is 0.246 e. The van der Waals surface area contributed by atoms with E-state index in [2.05, 4.69) is 11.2 Å². The summed E-state index contributed by atoms with van der Waals surface area (Å²) in [6.07, 6.45) is 7.18. The van der Waals surface area contributed by atoms with Gasteiger partial charge in [0.05, 0.1) is 25.5 Å². The predicted octanol–water partition coefficient (Wildman–Crippen LogP) is 1.64. The zero-order chi connectivity index (χ0) is 18.4. The lowest BCUT2D eigenvalue weighted by Gasteiger charge is -2.53. The van der Waals surface area contributed by atoms with Gasteiger partial charge in [0.15, 0.2) is 0 Å². The molecular formula is C18H27N3O4S. The van der Waals surface area contributed by atoms with Crippen molar-refractivity contribution in [1.82, 2.24) is 14.1 Å². The summed E-state index contributed by atoms with van der Waals surface area (Å²) < 4.78 is 41.6. The van der Waals surface area contributed by atoms with Crippen molar-refractivity contribution < 1.29 is 17.9 Å². The molecule has 26 heavy (non-hydrogen) atoms. The molecular weight excluding hydrogens is 354 g/mol. The van der Waals surface area contributed by atoms with Crippen LogP contribution in [0.4, 0.5) is 0 Å². The third-order valence-electron chi connectivity index (χ3n) is 6.04. The summed E-state index contributed by atoms with van der Waals surface area (Å²) in [6, 6.07) is -0.0565. The lowest BCUT2D eigenvalue weighted by atomic mass is 9.66. The second-order valence-electron chi connectivity index (χ2n) is 7.54. The molecule has 3 aliphatic heterocycles. The van der Waals surface area contributed by atoms with E-state index < -0.39 is 10.0 Å². The molecule has 2 saturated heterocycles. The van der Waals surface area contributed by atoms with Crippen LogP contribution in [0.5, 0.6) is 0 Å². The molecule has 144 valence electrons. The van der Waals surface area contributed by atoms with Crippen LogP contribution in [-0.2, 0) is 26.5 Å². The Morgan fingerprint density at radius 2 is 2.15 bits per heavy atom. The minimum atomic E-state index is -3.58. The number of sulfonamides is 1. The van der Waals surface area contributed by atoms with Gasteiger partial charge in [-0.15, -0.1) is 0 Å². The first-order valence-electron chi connectivity index (χ1n) is 9.32. The van der Waals surface area contributed by atoms with Gasteiger partial charge in [-0.2, -0.15) is 9.40 Å². The minimum absolute atomic E-state index is 0.0565. The Hall–Kier alpha value is -1.22. The Morgan fingerprint density at radius 1 is 1.31 bits per heavy atom. The van der Waals surface area contributed by atoms with E-state index in [1.807, 2.05) is 0 Å². The van der Waals surface area contributed by atoms with Crippen LogP contribution in [0, 0.1) is 12.3 Å². The summed E-state index contributed by atoms with van der Waals surface area (Å²) in [6.45, 7) is 4.84. The number of hydrogen-bond donors (Lipinski definition) is 0. The fourth-order valence-electron chi connectivity index (χ4n) is 4.88. The summed E-state index contributed by atoms with van der Waals surface area (Å²) in [5.41, 5.74) is 1.65. The molecule has 4 heterocycles. The SMILES string of the molecule is Cc1nn(C)cc1S(=O)(=O)N1CCC[C@]2(C3=CCOCC3)COCC[C@@H]12. The molecule has 0 amide bonds. The zero-order valence-corrected chi connectivity index (χ0v) is 16.3. The molecule has 0 N–H and O–H groups in total. The van der Waals surface area contributed by atoms with Gasteiger partial charge in [0.1, 0.15) is 4.90 Å². The van der Waals surface area contributed by atoms with E-state index in [1.54, 1.807) is 29.2 Å². The Balaban J connectivity index is 1.75. The summed E-state index contributed by atoms with van der Waals surface area (Å²) in [5.74, 6) is 0. The first-order chi connectivity index (χ1) is 12.4. The van der Waals surface area contributed by atoms with Gasteiger partial charge in [0, 0.05) is 37.9 Å². The molecule has 3 aliphatic rings. The second kappa shape index (κ2) is 6.74. The molecule has 0 aliphatic carbocycles. The van der Waals surface area contributed by atoms with Crippen LogP contribution in [0.1, 0.15) is 31.4 Å². The highest BCUT2D eigenvalue weighted by atomic mass is 32.2. The summed E-state index contributed by atoms with van der Waals surface area (Å²) >= 11 is 0. The molecule has 4 rings (SSSR count). The van der Waals surface area contributed by atoms with Gasteiger partial charge in [-0.1, -0.05) is 11.6 Å². The van der Waals surface area contributed by atoms with Crippen molar-refractivity contribution in [3.63, 3.8) is 0 Å². The fraction of sp³-hybridized carbons (Fsp3) is 0.722. The number of aryl methyl sites for hydroxylation is 2. The van der Waals surface area contributed by atoms with Gasteiger partial charge in [-0.3, -0.25) is 4.68 Å². The van der Waals surface area contributed by atoms with Crippen molar-refractivity contribution in [2.75, 3.05) is 33.0 Å². The molecule has 0 aromatic carbocycles. The zero-order valence-electron chi connectivity index (χ0n) is 15.5. The average Bonchev–Trinajstić information content (AvgIpc) is 3.01. The first-order valence-corrected chi connectivity index (χ1v) is 10.8. The van der Waals surface area contributed by atoms with E-state index in [1.165, 1.54) is 5.57 Å². The highest BCUT2D eigenvalue weighted by Crippen LogP contribution is 2.49. The van der Waals surface area contributed by atoms with Crippen LogP contribution in [0.25, 0.3) is 0 Å². The lowest BCUT2D eigenvalue weighted by molar-refractivity contribution is -0.0605. The molecule has 2 atom stereocenters. The van der Waals surface area contributed by atoms with E-state index in [0.717, 1.165) is 25.7 Å². The van der Waals surface area contributed by atoms with Crippen molar-refractivity contribution in [1.29, 1.82) is 0 Å². The molecule has 7 nitrogen and oxygen atoms in total. The molecule has 0 bridgehead atoms. The van der Waals surface area contributed by atoms with Crippen LogP contribution in [0.3, 0.4) is 0 Å². The molecule has 2 fully saturated rings. The summed E-state index contributed by atoms with van der Waals surface area (Å²) in [4.78, 5) is 0.322. The molecule has 8 heteroatoms. The first kappa shape index (κ1) is 18.2. The number of hydrogen-bond acceptors (Lipinski definition) is 5. The van der Waals surface area contributed by atoms with Crippen molar-refractivity contribution >= 4 is 10.0 Å². The maximum atomic E-state index is 13.5. The maximum absolute atomic E-state index is 13.5. The summed E-state index contributed by atoms with van der Waals surface area (Å²) in [5, 5.41) is 4.24. The molecule has 0 radical (unpaired) electrons. The van der Waals surface area contributed by atoms with Crippen molar-refractivity contribution in [3.8, 4) is 0 Å². The standard InChI is InChI=1S/C18H27N3O4S/c1-14-16(12-20(2)19-14)26(22,23)21-8-3-7-18(13-25-11-6-17(18)21)15-4-9-24-10-5-15/h4,12,17H,3,5-11,13H2,1-2H3/t17-,18-/m1/s1. The molecule has 1 aromatic heterocycles. The van der Waals surface area contributed by atoms with Crippen molar-refractivity contribution in [2.24, 2.45) is 12.5 Å². The lowest BCUT2D eigenvalue weighted by Crippen LogP contribution is -2.59. The topological polar surface area (TPSA) is 73.7 Å². The van der Waals surface area contributed by atoms with Gasteiger partial charge >= 0.3 is 0 Å². The average molecular weight is 381 g/mol. The number of fused-ring (bicyclic) bond motifs is 1. The van der Waals surface area contributed by atoms with E-state index in [0.29, 0.717) is 43.6 Å². The van der Waals surface area contributed by atoms with E-state index in [4.69, 9.17) is 9.47 Å². The third kappa shape index (κ3) is 2.83. The predicted molar refractivity (Wildman–Crippen MR) is 96.2 cm³/mol. The molecule has 0 spiro atoms. The van der Waals surface area contributed by atoms with Crippen LogP contribution < -0.4 is 0 Å². The van der Waals surface area contributed by atoms with Crippen LogP contribution in [0.15, 0.2) is 22.7 Å². The fourth-order valence-corrected chi connectivity index (χ4v) is 6.84. The number of piperidine rings is 1. The van der Waals surface area contributed by atoms with Gasteiger partial charge in [0.25, 0.3) is 0 Å². The number of nitrogens with zero attached hydrogens (tertiary/aromatic N) is 3. The molecule has 0 saturated carbocycles. The number of rotatable bonds is 3. The molecule has 0 unspecified atom stereocenters. The molecule has 1 aromatic rings. The van der Waals surface area contributed by atoms with Gasteiger partial charge < -0.3 is 9.47 Å². The van der Waals surface area contributed by atoms with E-state index in [-0.39, 0.29) is 11.5 Å². The van der Waals surface area contributed by atoms with Gasteiger partial charge in [-0.05, 0) is 32.6 Å². The largest absolute Gasteiger partial charge is 0.380 e. The Bertz CT molecular complexity index is 812. The number of aromatic nitrogens is 2. The van der Waals surface area contributed by atoms with Gasteiger partial charge in [0.2, 0.25) is 10.0 Å². The van der Waals surface area contributed by atoms with E-state index >= 15 is 0 Å². The highest BCUT2D eigenvalue weighted by molar-refractivity contribution is 7.89. The Labute approximate surface area is 155 Å². The van der Waals surface area contributed by atoms with E-state index in [9.17, 15) is 8.42 Å². The quantitative estimate of drug-likeness (QED) is 0.744. The van der Waals surface area contributed by atoms with Crippen molar-refractivity contribution in [3.05, 3.63) is 23.5 Å². The number of ether oxygens (including phenoxy) is 2. The third-order valence-corrected chi connectivity index (χ3v) is 8.05.